The monoisotopic (exact) mass is 1230 g/mol. The number of aryl methyl sites for hydroxylation is 8. The normalized spacial score (nSPS) is 14.2. The predicted octanol–water partition coefficient (Wildman–Crippen LogP) is 9.13. The number of carbonyl (C=O) groups excluding carboxylic acids is 4. The van der Waals surface area contributed by atoms with Crippen molar-refractivity contribution in [1.82, 2.24) is 9.97 Å². The van der Waals surface area contributed by atoms with Crippen molar-refractivity contribution in [2.75, 3.05) is 95.6 Å². The summed E-state index contributed by atoms with van der Waals surface area (Å²) in [6.45, 7) is 26.4. The molecular weight excluding hydrogens is 1150 g/mol. The number of carbonyl (C=O) groups is 4. The second-order valence-corrected chi connectivity index (χ2v) is 19.7. The third-order valence-corrected chi connectivity index (χ3v) is 13.6. The molecule has 0 fully saturated rings. The Bertz CT molecular complexity index is 3010. The minimum Gasteiger partial charge on any atom is -0.660 e. The standard InChI is InChI=1S/2C31H40N2O9.Co/c2*1-17-12-18(2)24(19(3)13-17)27(28-20(4)25(22(6)32-28)30(34)40-14-38-11-10-36-8)29-21(5)26(23(7)33-29)31(35)41-15-39-16-42-37-9;/h2*12-13H,10-11,14-16H2,1-9H3,(H,32,33,34,35);/q;;+2/p-2. The van der Waals surface area contributed by atoms with Crippen LogP contribution in [-0.2, 0) is 93.3 Å². The van der Waals surface area contributed by atoms with E-state index in [1.54, 1.807) is 41.9 Å². The van der Waals surface area contributed by atoms with Crippen molar-refractivity contribution >= 4 is 46.4 Å². The number of hydrogen-bond donors (Lipinski definition) is 0. The van der Waals surface area contributed by atoms with Gasteiger partial charge in [-0.1, -0.05) is 60.4 Å². The molecule has 85 heavy (non-hydrogen) atoms. The van der Waals surface area contributed by atoms with Gasteiger partial charge >= 0.3 is 40.7 Å². The number of aliphatic imine (C=N–C) groups is 2. The van der Waals surface area contributed by atoms with Crippen LogP contribution in [0.25, 0.3) is 11.1 Å². The van der Waals surface area contributed by atoms with Crippen LogP contribution in [-0.4, -0.2) is 131 Å². The van der Waals surface area contributed by atoms with E-state index in [1.807, 2.05) is 69.2 Å². The molecule has 0 amide bonds. The number of rotatable bonds is 28. The molecule has 0 saturated carbocycles. The first-order valence-electron chi connectivity index (χ1n) is 26.8. The number of allylic oxidation sites excluding steroid dienone is 2. The van der Waals surface area contributed by atoms with Crippen molar-refractivity contribution in [1.29, 1.82) is 0 Å². The summed E-state index contributed by atoms with van der Waals surface area (Å²) in [5.41, 5.74) is 17.7. The Balaban J connectivity index is 0.000000360. The van der Waals surface area contributed by atoms with E-state index in [4.69, 9.17) is 67.3 Å². The molecule has 0 spiro atoms. The van der Waals surface area contributed by atoms with Crippen LogP contribution in [0.5, 0.6) is 0 Å². The number of methoxy groups -OCH3 is 2. The topological polar surface area (TPSA) is 250 Å². The zero-order valence-corrected chi connectivity index (χ0v) is 52.9. The molecule has 2 aliphatic heterocycles. The molecule has 6 rings (SSSR count). The fourth-order valence-electron chi connectivity index (χ4n) is 10.1. The van der Waals surface area contributed by atoms with Crippen LogP contribution < -0.4 is 9.97 Å². The van der Waals surface area contributed by atoms with Crippen LogP contribution in [0.2, 0.25) is 0 Å². The van der Waals surface area contributed by atoms with Gasteiger partial charge in [-0.2, -0.15) is 0 Å². The summed E-state index contributed by atoms with van der Waals surface area (Å²) in [6.07, 6.45) is 0. The Morgan fingerprint density at radius 1 is 0.412 bits per heavy atom. The second-order valence-electron chi connectivity index (χ2n) is 19.7. The van der Waals surface area contributed by atoms with Crippen LogP contribution in [0.15, 0.2) is 67.9 Å². The van der Waals surface area contributed by atoms with Gasteiger partial charge in [-0.25, -0.2) is 38.7 Å². The zero-order chi connectivity index (χ0) is 61.9. The van der Waals surface area contributed by atoms with Gasteiger partial charge in [0.15, 0.2) is 40.8 Å². The molecule has 23 heteroatoms. The summed E-state index contributed by atoms with van der Waals surface area (Å²) in [7, 11) is 5.83. The molecule has 1 radical (unpaired) electrons. The first kappa shape index (κ1) is 70.8. The first-order chi connectivity index (χ1) is 40.1. The van der Waals surface area contributed by atoms with E-state index in [0.717, 1.165) is 44.5 Å². The Labute approximate surface area is 507 Å². The van der Waals surface area contributed by atoms with Gasteiger partial charge in [0.05, 0.1) is 74.6 Å². The fraction of sp³-hybridized carbons (Fsp3) is 0.452. The van der Waals surface area contributed by atoms with Gasteiger partial charge in [0, 0.05) is 25.3 Å². The number of esters is 4. The smallest absolute Gasteiger partial charge is 0.660 e. The molecule has 0 atom stereocenters. The summed E-state index contributed by atoms with van der Waals surface area (Å²) >= 11 is 0. The van der Waals surface area contributed by atoms with Crippen molar-refractivity contribution in [2.24, 2.45) is 9.98 Å². The Morgan fingerprint density at radius 3 is 1.05 bits per heavy atom. The number of aromatic nitrogens is 2. The number of hydrogen-bond acceptors (Lipinski definition) is 20. The van der Waals surface area contributed by atoms with Crippen LogP contribution in [0.4, 0.5) is 0 Å². The van der Waals surface area contributed by atoms with Crippen molar-refractivity contribution in [3.63, 3.8) is 0 Å². The number of ether oxygens (including phenoxy) is 10. The van der Waals surface area contributed by atoms with Gasteiger partial charge in [-0.3, -0.25) is 9.98 Å². The fourth-order valence-corrected chi connectivity index (χ4v) is 10.1. The van der Waals surface area contributed by atoms with E-state index in [0.29, 0.717) is 128 Å². The van der Waals surface area contributed by atoms with E-state index in [1.165, 1.54) is 14.2 Å². The molecule has 0 unspecified atom stereocenters. The van der Waals surface area contributed by atoms with Gasteiger partial charge in [0.2, 0.25) is 0 Å². The molecule has 2 aliphatic rings. The van der Waals surface area contributed by atoms with Crippen LogP contribution >= 0.6 is 0 Å². The molecule has 463 valence electrons. The quantitative estimate of drug-likeness (QED) is 0.0128. The summed E-state index contributed by atoms with van der Waals surface area (Å²) in [6, 6.07) is 8.33. The van der Waals surface area contributed by atoms with Crippen molar-refractivity contribution in [2.45, 2.75) is 96.9 Å². The van der Waals surface area contributed by atoms with Gasteiger partial charge in [0.1, 0.15) is 0 Å². The van der Waals surface area contributed by atoms with Crippen LogP contribution in [0, 0.1) is 69.2 Å². The van der Waals surface area contributed by atoms with Crippen LogP contribution in [0.3, 0.4) is 0 Å². The third-order valence-electron chi connectivity index (χ3n) is 13.6. The number of benzene rings is 2. The van der Waals surface area contributed by atoms with Gasteiger partial charge in [-0.15, -0.1) is 22.8 Å². The molecule has 0 saturated heterocycles. The van der Waals surface area contributed by atoms with E-state index in [-0.39, 0.29) is 57.5 Å². The maximum Gasteiger partial charge on any atom is 2.00 e. The summed E-state index contributed by atoms with van der Waals surface area (Å²) in [4.78, 5) is 89.9. The number of nitrogens with zero attached hydrogens (tertiary/aromatic N) is 4. The van der Waals surface area contributed by atoms with E-state index in [9.17, 15) is 19.2 Å². The maximum atomic E-state index is 13.1. The molecule has 2 aromatic heterocycles. The van der Waals surface area contributed by atoms with E-state index in [2.05, 4.69) is 43.8 Å². The third kappa shape index (κ3) is 17.7. The summed E-state index contributed by atoms with van der Waals surface area (Å²) in [5, 5.41) is 0. The summed E-state index contributed by atoms with van der Waals surface area (Å²) < 4.78 is 52.1. The van der Waals surface area contributed by atoms with E-state index >= 15 is 0 Å². The SMILES string of the molecule is COCCOCOC(=O)c1c(C)[n-]c(/C(=C2\N=C(C)C(C(=O)OCOCOOC)=C2C)c2c(C)cc(C)cc2C)c1C.COCCOCOC(=O)c1c(C)[n-]c(/C(=C2\N=C(C)C(C(=O)OCOCOOC)=C2C)c2c(C)cc(C)cc2C)c1C.[Co+2]. The zero-order valence-electron chi connectivity index (χ0n) is 51.9. The van der Waals surface area contributed by atoms with Crippen molar-refractivity contribution in [3.8, 4) is 0 Å². The summed E-state index contributed by atoms with van der Waals surface area (Å²) in [5.74, 6) is -2.25. The maximum absolute atomic E-state index is 13.1. The van der Waals surface area contributed by atoms with Crippen molar-refractivity contribution < 1.29 is 103 Å². The van der Waals surface area contributed by atoms with Crippen molar-refractivity contribution in [3.05, 3.63) is 147 Å². The Hall–Kier alpha value is -6.71. The van der Waals surface area contributed by atoms with Gasteiger partial charge < -0.3 is 57.3 Å². The van der Waals surface area contributed by atoms with E-state index < -0.39 is 23.9 Å². The minimum absolute atomic E-state index is 0. The second kappa shape index (κ2) is 33.8. The molecule has 0 aliphatic carbocycles. The molecule has 0 bridgehead atoms. The minimum atomic E-state index is -0.584. The molecule has 4 heterocycles. The molecule has 0 N–H and O–H groups in total. The molecular formula is C62H78CoN4O18. The first-order valence-corrected chi connectivity index (χ1v) is 26.8. The van der Waals surface area contributed by atoms with Gasteiger partial charge in [-0.05, 0) is 139 Å². The average Bonchev–Trinajstić information content (AvgIpc) is 2.01. The average molecular weight is 1230 g/mol. The Morgan fingerprint density at radius 2 is 0.729 bits per heavy atom. The van der Waals surface area contributed by atoms with Crippen LogP contribution in [0.1, 0.15) is 127 Å². The molecule has 4 aromatic rings. The predicted molar refractivity (Wildman–Crippen MR) is 310 cm³/mol. The largest absolute Gasteiger partial charge is 2.00 e. The Kier molecular flexibility index (Phi) is 28.2. The van der Waals surface area contributed by atoms with Gasteiger partial charge in [0.25, 0.3) is 0 Å². The molecule has 2 aromatic carbocycles. The molecule has 22 nitrogen and oxygen atoms in total.